The van der Waals surface area contributed by atoms with Gasteiger partial charge in [-0.25, -0.2) is 15.0 Å². The molecule has 0 atom stereocenters. The Morgan fingerprint density at radius 1 is 0.679 bits per heavy atom. The zero-order chi connectivity index (χ0) is 19.2. The maximum atomic E-state index is 6.36. The molecule has 0 saturated carbocycles. The van der Waals surface area contributed by atoms with Crippen molar-refractivity contribution >= 4 is 23.1 Å². The van der Waals surface area contributed by atoms with Crippen LogP contribution < -0.4 is 16.4 Å². The van der Waals surface area contributed by atoms with E-state index in [9.17, 15) is 0 Å². The maximum Gasteiger partial charge on any atom is 0.160 e. The van der Waals surface area contributed by atoms with E-state index in [4.69, 9.17) is 5.73 Å². The lowest BCUT2D eigenvalue weighted by Gasteiger charge is -2.22. The Balaban J connectivity index is 1.67. The van der Waals surface area contributed by atoms with Crippen LogP contribution in [-0.4, -0.2) is 15.0 Å². The monoisotopic (exact) mass is 368 g/mol. The number of rotatable bonds is 6. The fraction of sp³-hybridized carbons (Fsp3) is 0.0455. The van der Waals surface area contributed by atoms with Crippen LogP contribution in [0.5, 0.6) is 0 Å². The molecule has 4 rings (SSSR count). The summed E-state index contributed by atoms with van der Waals surface area (Å²) in [6.45, 7) is 0. The van der Waals surface area contributed by atoms with Gasteiger partial charge in [-0.3, -0.25) is 0 Å². The first-order valence-electron chi connectivity index (χ1n) is 8.96. The minimum atomic E-state index is -0.0951. The summed E-state index contributed by atoms with van der Waals surface area (Å²) in [6, 6.07) is 25.9. The van der Waals surface area contributed by atoms with E-state index >= 15 is 0 Å². The second-order valence-electron chi connectivity index (χ2n) is 6.22. The number of nitrogen functional groups attached to an aromatic ring is 1. The Kier molecular flexibility index (Phi) is 5.11. The van der Waals surface area contributed by atoms with Crippen LogP contribution in [0.3, 0.4) is 0 Å². The normalized spacial score (nSPS) is 10.6. The van der Waals surface area contributed by atoms with Gasteiger partial charge in [0.1, 0.15) is 17.8 Å². The highest BCUT2D eigenvalue weighted by molar-refractivity contribution is 5.77. The Bertz CT molecular complexity index is 983. The second-order valence-corrected chi connectivity index (χ2v) is 6.22. The largest absolute Gasteiger partial charge is 0.393 e. The predicted octanol–water partition coefficient (Wildman–Crippen LogP) is 4.40. The molecule has 0 aliphatic heterocycles. The zero-order valence-corrected chi connectivity index (χ0v) is 15.2. The highest BCUT2D eigenvalue weighted by Crippen LogP contribution is 2.31. The van der Waals surface area contributed by atoms with Gasteiger partial charge in [-0.1, -0.05) is 66.7 Å². The van der Waals surface area contributed by atoms with E-state index in [1.165, 1.54) is 6.33 Å². The average Bonchev–Trinajstić information content (AvgIpc) is 2.76. The summed E-state index contributed by atoms with van der Waals surface area (Å²) in [7, 11) is 0. The number of benzene rings is 2. The maximum absolute atomic E-state index is 6.36. The zero-order valence-electron chi connectivity index (χ0n) is 15.2. The molecule has 4 N–H and O–H groups in total. The third-order valence-corrected chi connectivity index (χ3v) is 4.34. The molecule has 2 aromatic heterocycles. The summed E-state index contributed by atoms with van der Waals surface area (Å²) in [5.74, 6) is 1.74. The van der Waals surface area contributed by atoms with Gasteiger partial charge in [0, 0.05) is 6.20 Å². The summed E-state index contributed by atoms with van der Waals surface area (Å²) >= 11 is 0. The van der Waals surface area contributed by atoms with E-state index < -0.39 is 0 Å². The summed E-state index contributed by atoms with van der Waals surface area (Å²) in [5.41, 5.74) is 9.03. The minimum absolute atomic E-state index is 0.0951. The minimum Gasteiger partial charge on any atom is -0.393 e. The predicted molar refractivity (Wildman–Crippen MR) is 112 cm³/mol. The van der Waals surface area contributed by atoms with Gasteiger partial charge in [0.2, 0.25) is 0 Å². The number of nitrogens with one attached hydrogen (secondary N) is 2. The molecule has 6 nitrogen and oxygen atoms in total. The topological polar surface area (TPSA) is 88.8 Å². The molecular formula is C22H20N6. The van der Waals surface area contributed by atoms with Crippen molar-refractivity contribution in [3.63, 3.8) is 0 Å². The van der Waals surface area contributed by atoms with Gasteiger partial charge in [0.15, 0.2) is 11.6 Å². The van der Waals surface area contributed by atoms with Crippen LogP contribution in [0.15, 0.2) is 91.4 Å². The van der Waals surface area contributed by atoms with E-state index in [0.717, 1.165) is 11.1 Å². The molecule has 0 spiro atoms. The van der Waals surface area contributed by atoms with Gasteiger partial charge >= 0.3 is 0 Å². The lowest BCUT2D eigenvalue weighted by atomic mass is 9.99. The van der Waals surface area contributed by atoms with Crippen molar-refractivity contribution in [3.8, 4) is 0 Å². The molecule has 0 amide bonds. The van der Waals surface area contributed by atoms with Crippen LogP contribution in [0.2, 0.25) is 0 Å². The number of nitrogens with two attached hydrogens (primary N) is 1. The van der Waals surface area contributed by atoms with E-state index in [2.05, 4.69) is 49.9 Å². The first-order valence-corrected chi connectivity index (χ1v) is 8.96. The molecule has 0 unspecified atom stereocenters. The van der Waals surface area contributed by atoms with Gasteiger partial charge in [-0.2, -0.15) is 0 Å². The smallest absolute Gasteiger partial charge is 0.160 e. The average molecular weight is 368 g/mol. The van der Waals surface area contributed by atoms with Crippen LogP contribution in [0, 0.1) is 0 Å². The molecule has 2 aromatic carbocycles. The van der Waals surface area contributed by atoms with Gasteiger partial charge in [-0.05, 0) is 23.3 Å². The van der Waals surface area contributed by atoms with Crippen molar-refractivity contribution in [1.82, 2.24) is 15.0 Å². The van der Waals surface area contributed by atoms with Crippen LogP contribution in [-0.2, 0) is 0 Å². The number of hydrogen-bond donors (Lipinski definition) is 3. The van der Waals surface area contributed by atoms with Crippen LogP contribution in [0.1, 0.15) is 17.2 Å². The molecule has 2 heterocycles. The second kappa shape index (κ2) is 8.18. The molecule has 6 heteroatoms. The Hall–Kier alpha value is -3.93. The molecule has 0 saturated heterocycles. The quantitative estimate of drug-likeness (QED) is 0.467. The third kappa shape index (κ3) is 3.91. The molecule has 28 heavy (non-hydrogen) atoms. The summed E-state index contributed by atoms with van der Waals surface area (Å²) in [6.07, 6.45) is 3.19. The Morgan fingerprint density at radius 3 is 1.89 bits per heavy atom. The first kappa shape index (κ1) is 17.5. The van der Waals surface area contributed by atoms with Gasteiger partial charge in [-0.15, -0.1) is 0 Å². The highest BCUT2D eigenvalue weighted by Gasteiger charge is 2.17. The number of pyridine rings is 1. The SMILES string of the molecule is Nc1c(Nc2ccccn2)ncnc1NC(c1ccccc1)c1ccccc1. The summed E-state index contributed by atoms with van der Waals surface area (Å²) < 4.78 is 0. The molecule has 4 aromatic rings. The van der Waals surface area contributed by atoms with Gasteiger partial charge in [0.05, 0.1) is 6.04 Å². The summed E-state index contributed by atoms with van der Waals surface area (Å²) in [5, 5.41) is 6.61. The molecule has 0 aliphatic rings. The van der Waals surface area contributed by atoms with Crippen molar-refractivity contribution < 1.29 is 0 Å². The van der Waals surface area contributed by atoms with Crippen molar-refractivity contribution in [2.75, 3.05) is 16.4 Å². The number of aromatic nitrogens is 3. The van der Waals surface area contributed by atoms with Crippen LogP contribution in [0.25, 0.3) is 0 Å². The standard InChI is InChI=1S/C22H20N6/c23-19-21(27-18-13-7-8-14-24-18)25-15-26-22(19)28-20(16-9-3-1-4-10-16)17-11-5-2-6-12-17/h1-15,20H,23H2,(H2,24,25,26,27,28). The van der Waals surface area contributed by atoms with Crippen molar-refractivity contribution in [2.45, 2.75) is 6.04 Å². The van der Waals surface area contributed by atoms with Gasteiger partial charge < -0.3 is 16.4 Å². The van der Waals surface area contributed by atoms with Crippen molar-refractivity contribution in [2.24, 2.45) is 0 Å². The van der Waals surface area contributed by atoms with E-state index in [1.54, 1.807) is 6.20 Å². The van der Waals surface area contributed by atoms with E-state index in [0.29, 0.717) is 23.1 Å². The first-order chi connectivity index (χ1) is 13.8. The molecule has 0 bridgehead atoms. The fourth-order valence-corrected chi connectivity index (χ4v) is 2.96. The van der Waals surface area contributed by atoms with E-state index in [-0.39, 0.29) is 6.04 Å². The van der Waals surface area contributed by atoms with Crippen molar-refractivity contribution in [3.05, 3.63) is 103 Å². The lowest BCUT2D eigenvalue weighted by molar-refractivity contribution is 0.924. The third-order valence-electron chi connectivity index (χ3n) is 4.34. The van der Waals surface area contributed by atoms with Crippen molar-refractivity contribution in [1.29, 1.82) is 0 Å². The lowest BCUT2D eigenvalue weighted by Crippen LogP contribution is -2.15. The van der Waals surface area contributed by atoms with E-state index in [1.807, 2.05) is 54.6 Å². The molecule has 138 valence electrons. The number of anilines is 4. The molecule has 0 aliphatic carbocycles. The Labute approximate surface area is 163 Å². The Morgan fingerprint density at radius 2 is 1.29 bits per heavy atom. The number of hydrogen-bond acceptors (Lipinski definition) is 6. The fourth-order valence-electron chi connectivity index (χ4n) is 2.96. The summed E-state index contributed by atoms with van der Waals surface area (Å²) in [4.78, 5) is 12.9. The molecular weight excluding hydrogens is 348 g/mol. The van der Waals surface area contributed by atoms with Crippen LogP contribution in [0.4, 0.5) is 23.1 Å². The molecule has 0 fully saturated rings. The molecule has 0 radical (unpaired) electrons. The highest BCUT2D eigenvalue weighted by atomic mass is 15.1. The van der Waals surface area contributed by atoms with Gasteiger partial charge in [0.25, 0.3) is 0 Å². The number of nitrogens with zero attached hydrogens (tertiary/aromatic N) is 3. The van der Waals surface area contributed by atoms with Crippen LogP contribution >= 0.6 is 0 Å².